The van der Waals surface area contributed by atoms with Gasteiger partial charge in [0.1, 0.15) is 6.54 Å². The van der Waals surface area contributed by atoms with Gasteiger partial charge in [-0.05, 0) is 67.2 Å². The molecule has 0 saturated carbocycles. The Hall–Kier alpha value is -1.48. The Morgan fingerprint density at radius 3 is 1.96 bits per heavy atom. The smallest absolute Gasteiger partial charge is 0.209 e. The van der Waals surface area contributed by atoms with E-state index < -0.39 is 42.6 Å². The summed E-state index contributed by atoms with van der Waals surface area (Å²) in [5, 5.41) is 1.18. The Bertz CT molecular complexity index is 1680. The number of fused-ring (bicyclic) bond motifs is 2. The number of rotatable bonds is 10. The molecule has 2 aromatic rings. The molecule has 0 atom stereocenters. The van der Waals surface area contributed by atoms with Crippen LogP contribution >= 0.6 is 45.8 Å². The van der Waals surface area contributed by atoms with Crippen LogP contribution in [0.1, 0.15) is 66.5 Å². The lowest BCUT2D eigenvalue weighted by atomic mass is 9.81. The van der Waals surface area contributed by atoms with E-state index in [0.29, 0.717) is 23.1 Å². The van der Waals surface area contributed by atoms with E-state index in [1.165, 1.54) is 0 Å². The van der Waals surface area contributed by atoms with Crippen LogP contribution in [0, 0.1) is 0 Å². The predicted molar refractivity (Wildman–Crippen MR) is 195 cm³/mol. The van der Waals surface area contributed by atoms with Crippen LogP contribution in [0.3, 0.4) is 0 Å². The minimum Gasteiger partial charge on any atom is -0.748 e. The molecule has 2 aliphatic rings. The van der Waals surface area contributed by atoms with Crippen LogP contribution in [0.5, 0.6) is 0 Å². The van der Waals surface area contributed by atoms with Gasteiger partial charge >= 0.3 is 0 Å². The van der Waals surface area contributed by atoms with Crippen molar-refractivity contribution in [3.8, 4) is 0 Å². The second-order valence-corrected chi connectivity index (χ2v) is 15.3. The monoisotopic (exact) mass is 813 g/mol. The molecule has 0 amide bonds. The number of allylic oxidation sites excluding steroid dienone is 4. The van der Waals surface area contributed by atoms with Crippen molar-refractivity contribution < 1.29 is 30.5 Å². The molecule has 2 aliphatic heterocycles. The molecule has 0 aromatic heterocycles. The highest BCUT2D eigenvalue weighted by Crippen LogP contribution is 2.49. The van der Waals surface area contributed by atoms with Crippen molar-refractivity contribution in [3.63, 3.8) is 0 Å². The van der Waals surface area contributed by atoms with E-state index in [2.05, 4.69) is 50.3 Å². The van der Waals surface area contributed by atoms with Crippen molar-refractivity contribution in [2.45, 2.75) is 66.2 Å². The maximum absolute atomic E-state index is 11.3. The van der Waals surface area contributed by atoms with Crippen molar-refractivity contribution in [1.82, 2.24) is 0 Å². The van der Waals surface area contributed by atoms with E-state index in [-0.39, 0.29) is 27.7 Å². The molecular formula is C32H44Cl2IN2O6S2-. The fourth-order valence-electron chi connectivity index (χ4n) is 5.81. The highest BCUT2D eigenvalue weighted by atomic mass is 127. The van der Waals surface area contributed by atoms with E-state index in [1.54, 1.807) is 12.1 Å². The number of nitrogens with zero attached hydrogens (tertiary/aromatic N) is 2. The van der Waals surface area contributed by atoms with Crippen LogP contribution in [-0.4, -0.2) is 65.8 Å². The molecule has 252 valence electrons. The minimum absolute atomic E-state index is 0. The van der Waals surface area contributed by atoms with Gasteiger partial charge in [-0.25, -0.2) is 16.8 Å². The number of hydrogen-bond donors (Lipinski definition) is 0. The summed E-state index contributed by atoms with van der Waals surface area (Å²) in [5.74, 6) is -0.923. The van der Waals surface area contributed by atoms with E-state index in [9.17, 15) is 25.9 Å². The zero-order chi connectivity index (χ0) is 32.4. The second kappa shape index (κ2) is 16.1. The summed E-state index contributed by atoms with van der Waals surface area (Å²) >= 11 is 14.8. The quantitative estimate of drug-likeness (QED) is 0.104. The third-order valence-corrected chi connectivity index (χ3v) is 9.82. The molecule has 0 unspecified atom stereocenters. The molecule has 0 radical (unpaired) electrons. The van der Waals surface area contributed by atoms with Gasteiger partial charge in [-0.2, -0.15) is 4.58 Å². The van der Waals surface area contributed by atoms with Gasteiger partial charge in [0.15, 0.2) is 5.71 Å². The molecule has 2 heterocycles. The molecule has 13 heteroatoms. The van der Waals surface area contributed by atoms with Crippen LogP contribution in [0.4, 0.5) is 11.4 Å². The van der Waals surface area contributed by atoms with Gasteiger partial charge in [0, 0.05) is 69.0 Å². The van der Waals surface area contributed by atoms with Crippen LogP contribution in [0.15, 0.2) is 60.3 Å². The number of anilines is 1. The average molecular weight is 815 g/mol. The third kappa shape index (κ3) is 9.77. The van der Waals surface area contributed by atoms with Crippen LogP contribution < -0.4 is 4.90 Å². The maximum Gasteiger partial charge on any atom is 0.209 e. The normalized spacial score (nSPS) is 17.4. The van der Waals surface area contributed by atoms with Gasteiger partial charge in [0.2, 0.25) is 5.69 Å². The summed E-state index contributed by atoms with van der Waals surface area (Å²) in [6, 6.07) is 11.2. The fraction of sp³-hybridized carbons (Fsp3) is 0.469. The Morgan fingerprint density at radius 1 is 0.844 bits per heavy atom. The summed E-state index contributed by atoms with van der Waals surface area (Å²) < 4.78 is 69.7. The summed E-state index contributed by atoms with van der Waals surface area (Å²) in [6.07, 6.45) is 6.20. The molecule has 0 fully saturated rings. The molecule has 0 N–H and O–H groups in total. The van der Waals surface area contributed by atoms with E-state index in [0.717, 1.165) is 33.9 Å². The Kier molecular flexibility index (Phi) is 14.8. The Labute approximate surface area is 293 Å². The third-order valence-electron chi connectivity index (χ3n) is 7.77. The zero-order valence-electron chi connectivity index (χ0n) is 24.7. The van der Waals surface area contributed by atoms with Crippen molar-refractivity contribution >= 4 is 83.1 Å². The number of hydrogen-bond acceptors (Lipinski definition) is 7. The van der Waals surface area contributed by atoms with E-state index in [1.807, 2.05) is 56.9 Å². The topological polar surface area (TPSA) is 121 Å². The standard InChI is InChI=1S/C29H34Cl2N2O6S2.CH3I.2CH4/c1-28(2)22-18-20(30)10-12-24(22)32(14-6-16-40(34,35)36)26(28)8-5-9-27-29(3,4)23-19-21(31)11-13-25(23)33(27)15-7-17-41(37,38)39;1-2;;/h5,8-13,18-19H,6-7,14-17H2,1-4H3,(H-,34,35,36,37,38,39);1H3;2*1H4/p-1. The Balaban J connectivity index is 0.00000248. The molecule has 0 spiro atoms. The average Bonchev–Trinajstić information content (AvgIpc) is 3.22. The molecular weight excluding hydrogens is 770 g/mol. The minimum atomic E-state index is -4.35. The van der Waals surface area contributed by atoms with Gasteiger partial charge in [-0.15, -0.1) is 0 Å². The van der Waals surface area contributed by atoms with Crippen molar-refractivity contribution in [1.29, 1.82) is 0 Å². The molecule has 4 rings (SSSR count). The lowest BCUT2D eigenvalue weighted by molar-refractivity contribution is -0.437. The van der Waals surface area contributed by atoms with Crippen molar-refractivity contribution in [2.75, 3.05) is 34.4 Å². The van der Waals surface area contributed by atoms with E-state index >= 15 is 0 Å². The highest BCUT2D eigenvalue weighted by Gasteiger charge is 2.44. The Morgan fingerprint density at radius 2 is 1.38 bits per heavy atom. The molecule has 8 nitrogen and oxygen atoms in total. The van der Waals surface area contributed by atoms with Crippen molar-refractivity contribution in [2.24, 2.45) is 0 Å². The molecule has 45 heavy (non-hydrogen) atoms. The first kappa shape index (κ1) is 41.5. The molecule has 0 bridgehead atoms. The van der Waals surface area contributed by atoms with Crippen LogP contribution in [0.2, 0.25) is 10.0 Å². The first-order chi connectivity index (χ1) is 19.9. The first-order valence-electron chi connectivity index (χ1n) is 13.6. The number of benzene rings is 2. The van der Waals surface area contributed by atoms with Gasteiger partial charge in [-0.3, -0.25) is 0 Å². The fourth-order valence-corrected chi connectivity index (χ4v) is 7.12. The summed E-state index contributed by atoms with van der Waals surface area (Å²) in [7, 11) is -8.69. The second-order valence-electron chi connectivity index (χ2n) is 11.4. The number of alkyl halides is 1. The van der Waals surface area contributed by atoms with Gasteiger partial charge in [0.25, 0.3) is 0 Å². The largest absolute Gasteiger partial charge is 0.748 e. The van der Waals surface area contributed by atoms with Crippen LogP contribution in [0.25, 0.3) is 0 Å². The molecule has 0 aliphatic carbocycles. The maximum atomic E-state index is 11.3. The summed E-state index contributed by atoms with van der Waals surface area (Å²) in [6.45, 7) is 8.92. The summed E-state index contributed by atoms with van der Waals surface area (Å²) in [4.78, 5) is 3.99. The van der Waals surface area contributed by atoms with E-state index in [4.69, 9.17) is 23.2 Å². The lowest BCUT2D eigenvalue weighted by Gasteiger charge is -2.27. The van der Waals surface area contributed by atoms with Gasteiger partial charge in [0.05, 0.1) is 25.7 Å². The van der Waals surface area contributed by atoms with Crippen molar-refractivity contribution in [3.05, 3.63) is 81.5 Å². The first-order valence-corrected chi connectivity index (χ1v) is 19.6. The zero-order valence-corrected chi connectivity index (χ0v) is 30.0. The molecule has 0 saturated heterocycles. The molecule has 2 aromatic carbocycles. The van der Waals surface area contributed by atoms with Gasteiger partial charge in [-0.1, -0.05) is 80.6 Å². The summed E-state index contributed by atoms with van der Waals surface area (Å²) in [5.41, 5.74) is 4.69. The van der Waals surface area contributed by atoms with Crippen LogP contribution in [-0.2, 0) is 31.1 Å². The lowest BCUT2D eigenvalue weighted by Crippen LogP contribution is -2.29. The van der Waals surface area contributed by atoms with Gasteiger partial charge < -0.3 is 14.0 Å². The number of halogens is 3. The SMILES string of the molecule is C.C.CC1(C)C(=CC=CC2=[N+](CCCS(=O)(=O)[O-])c3ccc(Cl)cc3C2(C)C)N(CCCS(=O)(=O)[O-])c2ccc(Cl)cc21.CI. The highest BCUT2D eigenvalue weighted by molar-refractivity contribution is 14.1. The predicted octanol–water partition coefficient (Wildman–Crippen LogP) is 7.80.